The summed E-state index contributed by atoms with van der Waals surface area (Å²) in [4.78, 5) is 32.6. The van der Waals surface area contributed by atoms with Crippen LogP contribution in [0.5, 0.6) is 0 Å². The van der Waals surface area contributed by atoms with Crippen molar-refractivity contribution in [2.24, 2.45) is 22.2 Å². The van der Waals surface area contributed by atoms with Crippen LogP contribution in [0.2, 0.25) is 0 Å². The summed E-state index contributed by atoms with van der Waals surface area (Å²) >= 11 is 0. The molecule has 0 saturated heterocycles. The van der Waals surface area contributed by atoms with Crippen molar-refractivity contribution >= 4 is 29.2 Å². The number of amides is 2. The van der Waals surface area contributed by atoms with Gasteiger partial charge in [-0.05, 0) is 32.4 Å². The van der Waals surface area contributed by atoms with E-state index in [-0.39, 0.29) is 46.8 Å². The highest BCUT2D eigenvalue weighted by molar-refractivity contribution is 6.24. The molecule has 0 aliphatic rings. The molecule has 0 bridgehead atoms. The van der Waals surface area contributed by atoms with Gasteiger partial charge in [-0.2, -0.15) is 0 Å². The molecule has 10 nitrogen and oxygen atoms in total. The number of carbonyl (C=O) groups excluding carboxylic acids is 2. The predicted octanol–water partition coefficient (Wildman–Crippen LogP) is 1.86. The number of nitrogens with two attached hydrogens (primary N) is 3. The van der Waals surface area contributed by atoms with E-state index >= 15 is 0 Å². The van der Waals surface area contributed by atoms with Crippen LogP contribution in [-0.2, 0) is 21.4 Å². The second kappa shape index (κ2) is 10.1. The van der Waals surface area contributed by atoms with Crippen LogP contribution in [0.25, 0.3) is 5.70 Å². The molecule has 0 atom stereocenters. The Balaban J connectivity index is 2.13. The van der Waals surface area contributed by atoms with Crippen LogP contribution in [0.15, 0.2) is 39.5 Å². The van der Waals surface area contributed by atoms with Crippen LogP contribution in [0.3, 0.4) is 0 Å². The fourth-order valence-electron chi connectivity index (χ4n) is 2.75. The molecule has 0 unspecified atom stereocenters. The minimum Gasteiger partial charge on any atom is -0.397 e. The number of hydrogen-bond acceptors (Lipinski definition) is 7. The highest BCUT2D eigenvalue weighted by atomic mass is 16.5. The van der Waals surface area contributed by atoms with Crippen molar-refractivity contribution < 1.29 is 14.1 Å². The van der Waals surface area contributed by atoms with E-state index in [1.165, 1.54) is 6.20 Å². The van der Waals surface area contributed by atoms with E-state index in [0.29, 0.717) is 11.3 Å². The SMILES string of the molecule is CCC(C)(C)c1cc(NC(=O)Cc2ccc(/C(N)=C(\C(N)=O)C(N)=NC(C)C)cn2)on1. The number of anilines is 1. The van der Waals surface area contributed by atoms with Crippen molar-refractivity contribution in [2.45, 2.75) is 58.9 Å². The molecule has 2 heterocycles. The minimum atomic E-state index is -0.787. The van der Waals surface area contributed by atoms with Crippen LogP contribution in [-0.4, -0.2) is 33.8 Å². The number of rotatable bonds is 9. The quantitative estimate of drug-likeness (QED) is 0.261. The number of pyridine rings is 1. The third-order valence-electron chi connectivity index (χ3n) is 5.00. The van der Waals surface area contributed by atoms with Crippen LogP contribution in [0.4, 0.5) is 5.88 Å². The molecule has 2 amide bonds. The summed E-state index contributed by atoms with van der Waals surface area (Å²) in [6.45, 7) is 9.78. The third-order valence-corrected chi connectivity index (χ3v) is 5.00. The Morgan fingerprint density at radius 3 is 2.44 bits per heavy atom. The number of aromatic nitrogens is 2. The van der Waals surface area contributed by atoms with E-state index in [1.807, 2.05) is 27.7 Å². The summed E-state index contributed by atoms with van der Waals surface area (Å²) in [7, 11) is 0. The van der Waals surface area contributed by atoms with Gasteiger partial charge < -0.3 is 21.7 Å². The maximum absolute atomic E-state index is 12.4. The molecule has 0 saturated carbocycles. The van der Waals surface area contributed by atoms with Gasteiger partial charge in [-0.25, -0.2) is 0 Å². The zero-order chi connectivity index (χ0) is 24.1. The largest absolute Gasteiger partial charge is 0.397 e. The second-order valence-electron chi connectivity index (χ2n) is 8.34. The summed E-state index contributed by atoms with van der Waals surface area (Å²) in [5.74, 6) is -0.852. The first kappa shape index (κ1) is 24.6. The monoisotopic (exact) mass is 441 g/mol. The molecule has 32 heavy (non-hydrogen) atoms. The molecule has 2 aromatic rings. The van der Waals surface area contributed by atoms with Gasteiger partial charge in [-0.15, -0.1) is 0 Å². The van der Waals surface area contributed by atoms with Crippen molar-refractivity contribution in [3.05, 3.63) is 46.9 Å². The van der Waals surface area contributed by atoms with Gasteiger partial charge >= 0.3 is 0 Å². The summed E-state index contributed by atoms with van der Waals surface area (Å²) in [6.07, 6.45) is 2.34. The van der Waals surface area contributed by atoms with Crippen molar-refractivity contribution in [1.82, 2.24) is 10.1 Å². The fraction of sp³-hybridized carbons (Fsp3) is 0.409. The third kappa shape index (κ3) is 6.16. The van der Waals surface area contributed by atoms with E-state index in [1.54, 1.807) is 18.2 Å². The van der Waals surface area contributed by atoms with Crippen molar-refractivity contribution in [3.8, 4) is 0 Å². The summed E-state index contributed by atoms with van der Waals surface area (Å²) in [5, 5.41) is 6.71. The number of aliphatic imine (C=N–C) groups is 1. The lowest BCUT2D eigenvalue weighted by atomic mass is 9.87. The zero-order valence-corrected chi connectivity index (χ0v) is 19.1. The second-order valence-corrected chi connectivity index (χ2v) is 8.34. The molecular weight excluding hydrogens is 410 g/mol. The van der Waals surface area contributed by atoms with Gasteiger partial charge in [-0.1, -0.05) is 25.9 Å². The maximum Gasteiger partial charge on any atom is 0.254 e. The van der Waals surface area contributed by atoms with Crippen molar-refractivity contribution in [3.63, 3.8) is 0 Å². The lowest BCUT2D eigenvalue weighted by Crippen LogP contribution is -2.30. The van der Waals surface area contributed by atoms with Crippen LogP contribution >= 0.6 is 0 Å². The molecular formula is C22H31N7O3. The van der Waals surface area contributed by atoms with E-state index in [0.717, 1.165) is 12.1 Å². The molecule has 0 aromatic carbocycles. The lowest BCUT2D eigenvalue weighted by molar-refractivity contribution is -0.116. The zero-order valence-electron chi connectivity index (χ0n) is 19.1. The van der Waals surface area contributed by atoms with E-state index < -0.39 is 5.91 Å². The van der Waals surface area contributed by atoms with Crippen molar-refractivity contribution in [1.29, 1.82) is 0 Å². The Labute approximate surface area is 187 Å². The first-order valence-corrected chi connectivity index (χ1v) is 10.3. The Bertz CT molecular complexity index is 1030. The fourth-order valence-corrected chi connectivity index (χ4v) is 2.75. The number of primary amides is 1. The molecule has 172 valence electrons. The average Bonchev–Trinajstić information content (AvgIpc) is 3.16. The van der Waals surface area contributed by atoms with Crippen LogP contribution < -0.4 is 22.5 Å². The van der Waals surface area contributed by atoms with Gasteiger partial charge in [0.1, 0.15) is 11.4 Å². The number of nitrogens with zero attached hydrogens (tertiary/aromatic N) is 3. The van der Waals surface area contributed by atoms with E-state index in [2.05, 4.69) is 27.4 Å². The highest BCUT2D eigenvalue weighted by Crippen LogP contribution is 2.27. The standard InChI is InChI=1S/C22H31N7O3/c1-6-22(4,5)15-10-17(32-29-15)28-16(30)9-14-8-7-13(11-26-14)19(23)18(21(25)31)20(24)27-12(2)3/h7-8,10-12H,6,9,23H2,1-5H3,(H2,24,27)(H2,25,31)(H,28,30)/b19-18+. The summed E-state index contributed by atoms with van der Waals surface area (Å²) in [6, 6.07) is 4.84. The molecule has 10 heteroatoms. The van der Waals surface area contributed by atoms with Crippen LogP contribution in [0, 0.1) is 0 Å². The van der Waals surface area contributed by atoms with Gasteiger partial charge in [0.15, 0.2) is 0 Å². The lowest BCUT2D eigenvalue weighted by Gasteiger charge is -2.18. The minimum absolute atomic E-state index is 0.0106. The molecule has 0 radical (unpaired) electrons. The summed E-state index contributed by atoms with van der Waals surface area (Å²) in [5.41, 5.74) is 19.0. The first-order valence-electron chi connectivity index (χ1n) is 10.3. The number of nitrogens with one attached hydrogen (secondary N) is 1. The Morgan fingerprint density at radius 2 is 1.91 bits per heavy atom. The molecule has 2 aromatic heterocycles. The number of amidine groups is 1. The smallest absolute Gasteiger partial charge is 0.254 e. The number of carbonyl (C=O) groups is 2. The van der Waals surface area contributed by atoms with Gasteiger partial charge in [0.2, 0.25) is 11.8 Å². The van der Waals surface area contributed by atoms with Gasteiger partial charge in [0.05, 0.1) is 17.8 Å². The van der Waals surface area contributed by atoms with Gasteiger partial charge in [0.25, 0.3) is 5.91 Å². The first-order chi connectivity index (χ1) is 14.9. The van der Waals surface area contributed by atoms with E-state index in [4.69, 9.17) is 21.7 Å². The maximum atomic E-state index is 12.4. The molecule has 0 aliphatic heterocycles. The Morgan fingerprint density at radius 1 is 1.22 bits per heavy atom. The van der Waals surface area contributed by atoms with Gasteiger partial charge in [-0.3, -0.25) is 24.9 Å². The summed E-state index contributed by atoms with van der Waals surface area (Å²) < 4.78 is 5.22. The van der Waals surface area contributed by atoms with Crippen molar-refractivity contribution in [2.75, 3.05) is 5.32 Å². The highest BCUT2D eigenvalue weighted by Gasteiger charge is 2.23. The topological polar surface area (TPSA) is 176 Å². The Hall–Kier alpha value is -3.69. The van der Waals surface area contributed by atoms with Gasteiger partial charge in [0, 0.05) is 35.0 Å². The average molecular weight is 442 g/mol. The molecule has 0 fully saturated rings. The molecule has 2 rings (SSSR count). The Kier molecular flexibility index (Phi) is 7.74. The molecule has 7 N–H and O–H groups in total. The predicted molar refractivity (Wildman–Crippen MR) is 123 cm³/mol. The molecule has 0 aliphatic carbocycles. The van der Waals surface area contributed by atoms with Crippen LogP contribution in [0.1, 0.15) is 58.0 Å². The number of hydrogen-bond donors (Lipinski definition) is 4. The molecule has 0 spiro atoms. The normalized spacial score (nSPS) is 13.1. The van der Waals surface area contributed by atoms with E-state index in [9.17, 15) is 9.59 Å².